The van der Waals surface area contributed by atoms with Crippen LogP contribution in [-0.2, 0) is 24.2 Å². The number of esters is 1. The van der Waals surface area contributed by atoms with Crippen molar-refractivity contribution >= 4 is 33.4 Å². The first-order valence-corrected chi connectivity index (χ1v) is 10.3. The number of hydrogen-bond donors (Lipinski definition) is 2. The average Bonchev–Trinajstić information content (AvgIpc) is 2.99. The molecule has 1 saturated heterocycles. The first kappa shape index (κ1) is 20.7. The fourth-order valence-electron chi connectivity index (χ4n) is 2.58. The number of para-hydroxylation sites is 1. The number of hydrogen-bond acceptors (Lipinski definition) is 6. The molecule has 148 valence electrons. The predicted octanol–water partition coefficient (Wildman–Crippen LogP) is 0.387. The number of nitrogens with zero attached hydrogens (tertiary/aromatic N) is 1. The van der Waals surface area contributed by atoms with Crippen LogP contribution in [-0.4, -0.2) is 69.0 Å². The third-order valence-corrected chi connectivity index (χ3v) is 5.90. The summed E-state index contributed by atoms with van der Waals surface area (Å²) in [5.74, 6) is -1.09. The first-order chi connectivity index (χ1) is 12.8. The fraction of sp³-hybridized carbons (Fsp3) is 0.471. The number of amides is 3. The molecule has 1 aliphatic heterocycles. The van der Waals surface area contributed by atoms with Crippen molar-refractivity contribution < 1.29 is 27.5 Å². The van der Waals surface area contributed by atoms with Gasteiger partial charge in [-0.3, -0.25) is 9.59 Å². The third-order valence-electron chi connectivity index (χ3n) is 4.15. The lowest BCUT2D eigenvalue weighted by molar-refractivity contribution is -0.152. The van der Waals surface area contributed by atoms with Crippen molar-refractivity contribution in [1.29, 1.82) is 0 Å². The molecule has 3 amide bonds. The number of anilines is 1. The van der Waals surface area contributed by atoms with Crippen molar-refractivity contribution in [1.82, 2.24) is 10.2 Å². The minimum Gasteiger partial charge on any atom is -0.456 e. The Hall–Kier alpha value is -2.62. The molecular formula is C17H23N3O6S. The topological polar surface area (TPSA) is 122 Å². The zero-order chi connectivity index (χ0) is 19.9. The molecule has 0 saturated carbocycles. The maximum absolute atomic E-state index is 12.0. The molecule has 9 nitrogen and oxygen atoms in total. The largest absolute Gasteiger partial charge is 0.456 e. The lowest BCUT2D eigenvalue weighted by atomic mass is 10.2. The summed E-state index contributed by atoms with van der Waals surface area (Å²) in [6.07, 6.45) is 0.302. The van der Waals surface area contributed by atoms with Crippen LogP contribution in [0.1, 0.15) is 12.8 Å². The summed E-state index contributed by atoms with van der Waals surface area (Å²) in [5, 5.41) is 5.12. The monoisotopic (exact) mass is 397 g/mol. The van der Waals surface area contributed by atoms with Gasteiger partial charge >= 0.3 is 12.0 Å². The molecule has 1 heterocycles. The molecule has 27 heavy (non-hydrogen) atoms. The summed E-state index contributed by atoms with van der Waals surface area (Å²) in [7, 11) is -1.60. The molecule has 0 unspecified atom stereocenters. The molecule has 1 atom stereocenters. The van der Waals surface area contributed by atoms with E-state index in [1.54, 1.807) is 24.3 Å². The number of nitrogens with one attached hydrogen (secondary N) is 2. The van der Waals surface area contributed by atoms with Gasteiger partial charge < -0.3 is 20.3 Å². The van der Waals surface area contributed by atoms with Crippen molar-refractivity contribution in [2.75, 3.05) is 37.0 Å². The van der Waals surface area contributed by atoms with Gasteiger partial charge in [-0.1, -0.05) is 18.2 Å². The van der Waals surface area contributed by atoms with Crippen molar-refractivity contribution in [3.05, 3.63) is 30.3 Å². The van der Waals surface area contributed by atoms with E-state index in [1.807, 2.05) is 6.07 Å². The van der Waals surface area contributed by atoms with Crippen LogP contribution in [0, 0.1) is 0 Å². The predicted molar refractivity (Wildman–Crippen MR) is 98.9 cm³/mol. The van der Waals surface area contributed by atoms with Gasteiger partial charge in [-0.05, 0) is 18.6 Å². The molecule has 1 aliphatic rings. The Bertz CT molecular complexity index is 781. The second-order valence-electron chi connectivity index (χ2n) is 6.22. The molecule has 10 heteroatoms. The normalized spacial score (nSPS) is 17.7. The Morgan fingerprint density at radius 2 is 1.93 bits per heavy atom. The van der Waals surface area contributed by atoms with E-state index < -0.39 is 34.4 Å². The lowest BCUT2D eigenvalue weighted by Gasteiger charge is -2.23. The number of rotatable bonds is 7. The number of urea groups is 1. The Morgan fingerprint density at radius 1 is 1.22 bits per heavy atom. The fourth-order valence-corrected chi connectivity index (χ4v) is 4.35. The van der Waals surface area contributed by atoms with Gasteiger partial charge in [0, 0.05) is 25.3 Å². The van der Waals surface area contributed by atoms with E-state index in [0.717, 1.165) is 0 Å². The maximum Gasteiger partial charge on any atom is 0.319 e. The van der Waals surface area contributed by atoms with Crippen molar-refractivity contribution in [2.24, 2.45) is 0 Å². The number of carbonyl (C=O) groups is 3. The van der Waals surface area contributed by atoms with Crippen molar-refractivity contribution in [2.45, 2.75) is 18.9 Å². The number of likely N-dealkylation sites (N-methyl/N-ethyl adjacent to an activating group) is 1. The first-order valence-electron chi connectivity index (χ1n) is 8.48. The second kappa shape index (κ2) is 9.36. The maximum atomic E-state index is 12.0. The molecule has 0 bridgehead atoms. The molecule has 1 aromatic rings. The molecule has 1 aromatic carbocycles. The number of carbonyl (C=O) groups excluding carboxylic acids is 3. The standard InChI is InChI=1S/C17H23N3O6S/c1-20(14-8-10-27(24,25)12-14)15(21)11-26-16(22)7-9-18-17(23)19-13-5-3-2-4-6-13/h2-6,14H,7-12H2,1H3,(H2,18,19,23)/t14-/m1/s1. The van der Waals surface area contributed by atoms with Crippen LogP contribution >= 0.6 is 0 Å². The minimum atomic E-state index is -3.10. The highest BCUT2D eigenvalue weighted by Gasteiger charge is 2.32. The highest BCUT2D eigenvalue weighted by molar-refractivity contribution is 7.91. The number of ether oxygens (including phenoxy) is 1. The van der Waals surface area contributed by atoms with Crippen LogP contribution in [0.2, 0.25) is 0 Å². The lowest BCUT2D eigenvalue weighted by Crippen LogP contribution is -2.40. The van der Waals surface area contributed by atoms with E-state index in [4.69, 9.17) is 4.74 Å². The third kappa shape index (κ3) is 6.89. The highest BCUT2D eigenvalue weighted by Crippen LogP contribution is 2.16. The summed E-state index contributed by atoms with van der Waals surface area (Å²) in [6, 6.07) is 8.00. The van der Waals surface area contributed by atoms with E-state index in [9.17, 15) is 22.8 Å². The summed E-state index contributed by atoms with van der Waals surface area (Å²) in [6.45, 7) is -0.398. The second-order valence-corrected chi connectivity index (χ2v) is 8.45. The van der Waals surface area contributed by atoms with Crippen LogP contribution in [0.5, 0.6) is 0 Å². The molecule has 0 aromatic heterocycles. The van der Waals surface area contributed by atoms with E-state index in [2.05, 4.69) is 10.6 Å². The Kier molecular flexibility index (Phi) is 7.17. The van der Waals surface area contributed by atoms with Gasteiger partial charge in [0.1, 0.15) is 0 Å². The van der Waals surface area contributed by atoms with Crippen molar-refractivity contribution in [3.8, 4) is 0 Å². The van der Waals surface area contributed by atoms with Crippen LogP contribution < -0.4 is 10.6 Å². The molecule has 0 spiro atoms. The molecule has 0 aliphatic carbocycles. The van der Waals surface area contributed by atoms with Gasteiger partial charge in [0.25, 0.3) is 5.91 Å². The summed E-state index contributed by atoms with van der Waals surface area (Å²) >= 11 is 0. The van der Waals surface area contributed by atoms with E-state index in [-0.39, 0.29) is 30.5 Å². The van der Waals surface area contributed by atoms with Crippen molar-refractivity contribution in [3.63, 3.8) is 0 Å². The minimum absolute atomic E-state index is 0.0579. The SMILES string of the molecule is CN(C(=O)COC(=O)CCNC(=O)Nc1ccccc1)[C@@H]1CCS(=O)(=O)C1. The highest BCUT2D eigenvalue weighted by atomic mass is 32.2. The Balaban J connectivity index is 1.63. The van der Waals surface area contributed by atoms with Crippen LogP contribution in [0.15, 0.2) is 30.3 Å². The summed E-state index contributed by atoms with van der Waals surface area (Å²) in [4.78, 5) is 36.7. The van der Waals surface area contributed by atoms with Gasteiger partial charge in [0.05, 0.1) is 17.9 Å². The van der Waals surface area contributed by atoms with E-state index >= 15 is 0 Å². The zero-order valence-corrected chi connectivity index (χ0v) is 15.8. The molecular weight excluding hydrogens is 374 g/mol. The van der Waals surface area contributed by atoms with Gasteiger partial charge in [0.15, 0.2) is 16.4 Å². The van der Waals surface area contributed by atoms with Gasteiger partial charge in [0.2, 0.25) is 0 Å². The smallest absolute Gasteiger partial charge is 0.319 e. The van der Waals surface area contributed by atoms with E-state index in [0.29, 0.717) is 12.1 Å². The van der Waals surface area contributed by atoms with E-state index in [1.165, 1.54) is 11.9 Å². The summed E-state index contributed by atoms with van der Waals surface area (Å²) in [5.41, 5.74) is 0.625. The average molecular weight is 397 g/mol. The summed E-state index contributed by atoms with van der Waals surface area (Å²) < 4.78 is 27.8. The number of sulfone groups is 1. The molecule has 2 N–H and O–H groups in total. The van der Waals surface area contributed by atoms with Crippen LogP contribution in [0.4, 0.5) is 10.5 Å². The van der Waals surface area contributed by atoms with Gasteiger partial charge in [-0.25, -0.2) is 13.2 Å². The van der Waals surface area contributed by atoms with Crippen LogP contribution in [0.25, 0.3) is 0 Å². The van der Waals surface area contributed by atoms with Gasteiger partial charge in [-0.15, -0.1) is 0 Å². The Labute approximate surface area is 158 Å². The molecule has 1 fully saturated rings. The van der Waals surface area contributed by atoms with Crippen LogP contribution in [0.3, 0.4) is 0 Å². The Morgan fingerprint density at radius 3 is 2.56 bits per heavy atom. The van der Waals surface area contributed by atoms with Gasteiger partial charge in [-0.2, -0.15) is 0 Å². The molecule has 0 radical (unpaired) electrons. The number of benzene rings is 1. The quantitative estimate of drug-likeness (QED) is 0.642. The molecule has 2 rings (SSSR count). The zero-order valence-electron chi connectivity index (χ0n) is 15.0.